The first-order chi connectivity index (χ1) is 8.56. The van der Waals surface area contributed by atoms with Gasteiger partial charge < -0.3 is 10.6 Å². The van der Waals surface area contributed by atoms with Crippen LogP contribution in [-0.2, 0) is 4.79 Å². The van der Waals surface area contributed by atoms with Crippen molar-refractivity contribution in [3.8, 4) is 0 Å². The molecule has 0 aromatic rings. The van der Waals surface area contributed by atoms with Crippen LogP contribution in [0.2, 0.25) is 0 Å². The molecule has 1 heterocycles. The molecular weight excluding hydrogens is 226 g/mol. The number of likely N-dealkylation sites (N-methyl/N-ethyl adjacent to an activating group) is 1. The Morgan fingerprint density at radius 2 is 2.17 bits per heavy atom. The van der Waals surface area contributed by atoms with Crippen LogP contribution in [0.5, 0.6) is 0 Å². The van der Waals surface area contributed by atoms with E-state index in [1.54, 1.807) is 0 Å². The van der Waals surface area contributed by atoms with Gasteiger partial charge in [-0.3, -0.25) is 9.69 Å². The van der Waals surface area contributed by atoms with Gasteiger partial charge in [0.2, 0.25) is 5.91 Å². The van der Waals surface area contributed by atoms with Gasteiger partial charge in [-0.25, -0.2) is 0 Å². The van der Waals surface area contributed by atoms with E-state index < -0.39 is 0 Å². The van der Waals surface area contributed by atoms with Crippen molar-refractivity contribution in [3.63, 3.8) is 0 Å². The molecule has 2 N–H and O–H groups in total. The molecule has 0 aliphatic carbocycles. The standard InChI is InChI=1S/C14H29N3O/c1-5-16-14(18)12(4)17(11(2)3)10-13-7-6-8-15-9-13/h11-13,15H,5-10H2,1-4H3,(H,16,18). The fourth-order valence-electron chi connectivity index (χ4n) is 2.67. The number of hydrogen-bond acceptors (Lipinski definition) is 3. The molecule has 1 fully saturated rings. The molecule has 4 heteroatoms. The van der Waals surface area contributed by atoms with Gasteiger partial charge in [0, 0.05) is 19.1 Å². The summed E-state index contributed by atoms with van der Waals surface area (Å²) in [5, 5.41) is 6.37. The molecule has 0 spiro atoms. The summed E-state index contributed by atoms with van der Waals surface area (Å²) in [7, 11) is 0. The lowest BCUT2D eigenvalue weighted by molar-refractivity contribution is -0.126. The summed E-state index contributed by atoms with van der Waals surface area (Å²) in [5.74, 6) is 0.827. The van der Waals surface area contributed by atoms with Gasteiger partial charge in [-0.1, -0.05) is 0 Å². The van der Waals surface area contributed by atoms with E-state index in [4.69, 9.17) is 0 Å². The van der Waals surface area contributed by atoms with E-state index >= 15 is 0 Å². The molecular formula is C14H29N3O. The first-order valence-electron chi connectivity index (χ1n) is 7.30. The second-order valence-corrected chi connectivity index (χ2v) is 5.57. The third kappa shape index (κ3) is 4.58. The van der Waals surface area contributed by atoms with E-state index in [0.717, 1.165) is 19.6 Å². The van der Waals surface area contributed by atoms with Crippen LogP contribution in [0.4, 0.5) is 0 Å². The zero-order chi connectivity index (χ0) is 13.5. The van der Waals surface area contributed by atoms with Gasteiger partial charge in [0.05, 0.1) is 6.04 Å². The van der Waals surface area contributed by atoms with Crippen LogP contribution >= 0.6 is 0 Å². The first kappa shape index (κ1) is 15.4. The Morgan fingerprint density at radius 1 is 1.44 bits per heavy atom. The highest BCUT2D eigenvalue weighted by Gasteiger charge is 2.26. The lowest BCUT2D eigenvalue weighted by Crippen LogP contribution is -2.51. The lowest BCUT2D eigenvalue weighted by atomic mass is 9.97. The monoisotopic (exact) mass is 255 g/mol. The molecule has 1 rings (SSSR count). The average molecular weight is 255 g/mol. The Bertz CT molecular complexity index is 249. The maximum Gasteiger partial charge on any atom is 0.237 e. The van der Waals surface area contributed by atoms with Gasteiger partial charge in [0.15, 0.2) is 0 Å². The van der Waals surface area contributed by atoms with Crippen LogP contribution in [0.3, 0.4) is 0 Å². The normalized spacial score (nSPS) is 22.2. The number of amides is 1. The highest BCUT2D eigenvalue weighted by Crippen LogP contribution is 2.15. The van der Waals surface area contributed by atoms with Crippen molar-refractivity contribution in [1.82, 2.24) is 15.5 Å². The fourth-order valence-corrected chi connectivity index (χ4v) is 2.67. The SMILES string of the molecule is CCNC(=O)C(C)N(CC1CCCNC1)C(C)C. The highest BCUT2D eigenvalue weighted by molar-refractivity contribution is 5.81. The van der Waals surface area contributed by atoms with E-state index in [1.165, 1.54) is 12.8 Å². The van der Waals surface area contributed by atoms with Gasteiger partial charge in [0.1, 0.15) is 0 Å². The first-order valence-corrected chi connectivity index (χ1v) is 7.30. The number of carbonyl (C=O) groups is 1. The Labute approximate surface area is 111 Å². The quantitative estimate of drug-likeness (QED) is 0.750. The third-order valence-electron chi connectivity index (χ3n) is 3.76. The van der Waals surface area contributed by atoms with Gasteiger partial charge in [0.25, 0.3) is 0 Å². The summed E-state index contributed by atoms with van der Waals surface area (Å²) < 4.78 is 0. The minimum Gasteiger partial charge on any atom is -0.355 e. The molecule has 0 bridgehead atoms. The van der Waals surface area contributed by atoms with Crippen molar-refractivity contribution in [2.45, 2.75) is 52.6 Å². The smallest absolute Gasteiger partial charge is 0.237 e. The maximum absolute atomic E-state index is 12.0. The zero-order valence-corrected chi connectivity index (χ0v) is 12.3. The molecule has 1 aliphatic heterocycles. The van der Waals surface area contributed by atoms with Crippen LogP contribution < -0.4 is 10.6 Å². The molecule has 2 unspecified atom stereocenters. The number of piperidine rings is 1. The molecule has 0 radical (unpaired) electrons. The number of carbonyl (C=O) groups excluding carboxylic acids is 1. The summed E-state index contributed by atoms with van der Waals surface area (Å²) in [6.07, 6.45) is 2.53. The number of rotatable bonds is 6. The van der Waals surface area contributed by atoms with E-state index in [1.807, 2.05) is 13.8 Å². The molecule has 0 aromatic heterocycles. The molecule has 2 atom stereocenters. The largest absolute Gasteiger partial charge is 0.355 e. The van der Waals surface area contributed by atoms with Crippen molar-refractivity contribution in [1.29, 1.82) is 0 Å². The maximum atomic E-state index is 12.0. The molecule has 4 nitrogen and oxygen atoms in total. The van der Waals surface area contributed by atoms with Gasteiger partial charge >= 0.3 is 0 Å². The van der Waals surface area contributed by atoms with Crippen LogP contribution in [0.1, 0.15) is 40.5 Å². The van der Waals surface area contributed by atoms with E-state index in [2.05, 4.69) is 29.4 Å². The van der Waals surface area contributed by atoms with E-state index in [0.29, 0.717) is 18.5 Å². The van der Waals surface area contributed by atoms with Gasteiger partial charge in [-0.05, 0) is 59.5 Å². The van der Waals surface area contributed by atoms with Crippen molar-refractivity contribution >= 4 is 5.91 Å². The number of nitrogens with one attached hydrogen (secondary N) is 2. The van der Waals surface area contributed by atoms with Crippen molar-refractivity contribution in [3.05, 3.63) is 0 Å². The Morgan fingerprint density at radius 3 is 2.67 bits per heavy atom. The van der Waals surface area contributed by atoms with Crippen molar-refractivity contribution < 1.29 is 4.79 Å². The second-order valence-electron chi connectivity index (χ2n) is 5.57. The van der Waals surface area contributed by atoms with Gasteiger partial charge in [-0.2, -0.15) is 0 Å². The second kappa shape index (κ2) is 7.74. The molecule has 1 saturated heterocycles. The fraction of sp³-hybridized carbons (Fsp3) is 0.929. The minimum absolute atomic E-state index is 0.0353. The van der Waals surface area contributed by atoms with Crippen LogP contribution in [0, 0.1) is 5.92 Å². The summed E-state index contributed by atoms with van der Waals surface area (Å²) in [6.45, 7) is 12.3. The third-order valence-corrected chi connectivity index (χ3v) is 3.76. The van der Waals surface area contributed by atoms with Crippen LogP contribution in [-0.4, -0.2) is 49.1 Å². The predicted octanol–water partition coefficient (Wildman–Crippen LogP) is 1.22. The summed E-state index contributed by atoms with van der Waals surface area (Å²) in [4.78, 5) is 14.3. The Balaban J connectivity index is 2.55. The predicted molar refractivity (Wildman–Crippen MR) is 75.6 cm³/mol. The summed E-state index contributed by atoms with van der Waals surface area (Å²) in [6, 6.07) is 0.372. The van der Waals surface area contributed by atoms with Crippen molar-refractivity contribution in [2.24, 2.45) is 5.92 Å². The van der Waals surface area contributed by atoms with E-state index in [-0.39, 0.29) is 11.9 Å². The minimum atomic E-state index is -0.0353. The molecule has 18 heavy (non-hydrogen) atoms. The number of hydrogen-bond donors (Lipinski definition) is 2. The molecule has 0 aromatic carbocycles. The lowest BCUT2D eigenvalue weighted by Gasteiger charge is -2.36. The van der Waals surface area contributed by atoms with Gasteiger partial charge in [-0.15, -0.1) is 0 Å². The molecule has 0 saturated carbocycles. The Kier molecular flexibility index (Phi) is 6.65. The number of nitrogens with zero attached hydrogens (tertiary/aromatic N) is 1. The average Bonchev–Trinajstić information content (AvgIpc) is 2.36. The molecule has 1 aliphatic rings. The zero-order valence-electron chi connectivity index (χ0n) is 12.3. The Hall–Kier alpha value is -0.610. The molecule has 1 amide bonds. The van der Waals surface area contributed by atoms with Crippen molar-refractivity contribution in [2.75, 3.05) is 26.2 Å². The molecule has 106 valence electrons. The van der Waals surface area contributed by atoms with E-state index in [9.17, 15) is 4.79 Å². The highest BCUT2D eigenvalue weighted by atomic mass is 16.2. The summed E-state index contributed by atoms with van der Waals surface area (Å²) in [5.41, 5.74) is 0. The van der Waals surface area contributed by atoms with Crippen LogP contribution in [0.25, 0.3) is 0 Å². The summed E-state index contributed by atoms with van der Waals surface area (Å²) >= 11 is 0. The van der Waals surface area contributed by atoms with Crippen LogP contribution in [0.15, 0.2) is 0 Å². The topological polar surface area (TPSA) is 44.4 Å².